The zero-order valence-corrected chi connectivity index (χ0v) is 10.6. The molecule has 17 heavy (non-hydrogen) atoms. The number of carbonyl (C=O) groups is 2. The fourth-order valence-corrected chi connectivity index (χ4v) is 1.70. The number of hydrogen-bond acceptors (Lipinski definition) is 7. The van der Waals surface area contributed by atoms with E-state index in [-0.39, 0.29) is 25.7 Å². The Morgan fingerprint density at radius 1 is 1.59 bits per heavy atom. The molecule has 0 amide bonds. The second-order valence-electron chi connectivity index (χ2n) is 2.99. The van der Waals surface area contributed by atoms with E-state index in [4.69, 9.17) is 10.5 Å². The Balaban J connectivity index is 4.01. The quantitative estimate of drug-likeness (QED) is 0.265. The minimum absolute atomic E-state index is 0.146. The fourth-order valence-electron chi connectivity index (χ4n) is 0.978. The van der Waals surface area contributed by atoms with Gasteiger partial charge in [-0.1, -0.05) is 24.6 Å². The van der Waals surface area contributed by atoms with E-state index in [1.165, 1.54) is 13.2 Å². The molecule has 0 radical (unpaired) electrons. The van der Waals surface area contributed by atoms with Gasteiger partial charge in [-0.15, -0.1) is 0 Å². The molecule has 0 fully saturated rings. The van der Waals surface area contributed by atoms with E-state index in [9.17, 15) is 9.59 Å². The lowest BCUT2D eigenvalue weighted by atomic mass is 10.2. The van der Waals surface area contributed by atoms with Gasteiger partial charge >= 0.3 is 11.9 Å². The summed E-state index contributed by atoms with van der Waals surface area (Å²) in [4.78, 5) is 22.6. The van der Waals surface area contributed by atoms with Gasteiger partial charge in [0.15, 0.2) is 0 Å². The van der Waals surface area contributed by atoms with Gasteiger partial charge in [0.05, 0.1) is 13.8 Å². The normalized spacial score (nSPS) is 11.6. The molecule has 0 aliphatic carbocycles. The molecule has 0 saturated carbocycles. The van der Waals surface area contributed by atoms with Crippen molar-refractivity contribution >= 4 is 23.9 Å². The van der Waals surface area contributed by atoms with Crippen molar-refractivity contribution in [2.45, 2.75) is 18.1 Å². The topological polar surface area (TPSA) is 90.6 Å². The van der Waals surface area contributed by atoms with Gasteiger partial charge in [-0.3, -0.25) is 9.59 Å². The van der Waals surface area contributed by atoms with Crippen molar-refractivity contribution in [1.82, 2.24) is 4.72 Å². The lowest BCUT2D eigenvalue weighted by molar-refractivity contribution is -0.143. The zero-order chi connectivity index (χ0) is 13.1. The predicted molar refractivity (Wildman–Crippen MR) is 66.0 cm³/mol. The Bertz CT molecular complexity index is 261. The Hall–Kier alpha value is -1.05. The molecule has 0 spiro atoms. The van der Waals surface area contributed by atoms with Crippen molar-refractivity contribution in [3.63, 3.8) is 0 Å². The van der Waals surface area contributed by atoms with Crippen LogP contribution in [0.25, 0.3) is 0 Å². The molecule has 7 heteroatoms. The SMILES string of the molecule is C=CCOC(=O)CCC(SNCN)C(=O)OC. The molecular formula is C10H18N2O4S. The van der Waals surface area contributed by atoms with Crippen molar-refractivity contribution in [3.05, 3.63) is 12.7 Å². The number of esters is 2. The Morgan fingerprint density at radius 2 is 2.29 bits per heavy atom. The zero-order valence-electron chi connectivity index (χ0n) is 9.81. The van der Waals surface area contributed by atoms with Crippen molar-refractivity contribution < 1.29 is 19.1 Å². The van der Waals surface area contributed by atoms with Gasteiger partial charge in [0.1, 0.15) is 11.9 Å². The highest BCUT2D eigenvalue weighted by molar-refractivity contribution is 7.98. The second kappa shape index (κ2) is 10.1. The van der Waals surface area contributed by atoms with Crippen LogP contribution in [0.4, 0.5) is 0 Å². The molecule has 0 aromatic carbocycles. The first-order valence-electron chi connectivity index (χ1n) is 5.08. The molecule has 0 rings (SSSR count). The highest BCUT2D eigenvalue weighted by Crippen LogP contribution is 2.15. The molecule has 0 aliphatic rings. The van der Waals surface area contributed by atoms with Crippen molar-refractivity contribution in [3.8, 4) is 0 Å². The smallest absolute Gasteiger partial charge is 0.320 e. The van der Waals surface area contributed by atoms with Gasteiger partial charge in [0, 0.05) is 6.42 Å². The number of nitrogens with two attached hydrogens (primary N) is 1. The maximum absolute atomic E-state index is 11.4. The first-order chi connectivity index (χ1) is 8.15. The van der Waals surface area contributed by atoms with Gasteiger partial charge in [-0.2, -0.15) is 0 Å². The largest absolute Gasteiger partial charge is 0.468 e. The predicted octanol–water partition coefficient (Wildman–Crippen LogP) is 0.191. The average Bonchev–Trinajstić information content (AvgIpc) is 2.35. The summed E-state index contributed by atoms with van der Waals surface area (Å²) in [5.74, 6) is -0.764. The molecule has 0 saturated heterocycles. The van der Waals surface area contributed by atoms with Crippen LogP contribution in [0.15, 0.2) is 12.7 Å². The summed E-state index contributed by atoms with van der Waals surface area (Å²) < 4.78 is 12.2. The summed E-state index contributed by atoms with van der Waals surface area (Å²) in [7, 11) is 1.30. The average molecular weight is 262 g/mol. The number of hydrogen-bond donors (Lipinski definition) is 2. The summed E-state index contributed by atoms with van der Waals surface area (Å²) in [6.45, 7) is 3.84. The maximum Gasteiger partial charge on any atom is 0.320 e. The van der Waals surface area contributed by atoms with E-state index in [1.54, 1.807) is 0 Å². The third-order valence-electron chi connectivity index (χ3n) is 1.75. The molecule has 1 unspecified atom stereocenters. The van der Waals surface area contributed by atoms with E-state index < -0.39 is 11.2 Å². The number of rotatable bonds is 9. The lowest BCUT2D eigenvalue weighted by Gasteiger charge is -2.13. The van der Waals surface area contributed by atoms with Crippen LogP contribution in [0.1, 0.15) is 12.8 Å². The van der Waals surface area contributed by atoms with Gasteiger partial charge in [-0.05, 0) is 6.42 Å². The van der Waals surface area contributed by atoms with Gasteiger partial charge in [-0.25, -0.2) is 4.72 Å². The summed E-state index contributed by atoms with van der Waals surface area (Å²) in [5.41, 5.74) is 5.25. The van der Waals surface area contributed by atoms with Gasteiger partial charge in [0.25, 0.3) is 0 Å². The summed E-state index contributed by atoms with van der Waals surface area (Å²) in [6, 6.07) is 0. The van der Waals surface area contributed by atoms with Crippen LogP contribution in [-0.4, -0.2) is 37.6 Å². The summed E-state index contributed by atoms with van der Waals surface area (Å²) in [5, 5.41) is -0.472. The fraction of sp³-hybridized carbons (Fsp3) is 0.600. The van der Waals surface area contributed by atoms with E-state index in [0.717, 1.165) is 11.9 Å². The Labute approximate surface area is 105 Å². The number of carbonyl (C=O) groups excluding carboxylic acids is 2. The van der Waals surface area contributed by atoms with E-state index >= 15 is 0 Å². The van der Waals surface area contributed by atoms with Crippen LogP contribution in [0.5, 0.6) is 0 Å². The lowest BCUT2D eigenvalue weighted by Crippen LogP contribution is -2.26. The van der Waals surface area contributed by atoms with Crippen LogP contribution >= 0.6 is 11.9 Å². The first-order valence-corrected chi connectivity index (χ1v) is 5.96. The third kappa shape index (κ3) is 7.78. The van der Waals surface area contributed by atoms with Crippen LogP contribution in [-0.2, 0) is 19.1 Å². The van der Waals surface area contributed by atoms with Crippen LogP contribution in [0.2, 0.25) is 0 Å². The molecule has 0 aliphatic heterocycles. The van der Waals surface area contributed by atoms with Crippen molar-refractivity contribution in [1.29, 1.82) is 0 Å². The number of ether oxygens (including phenoxy) is 2. The number of nitrogens with one attached hydrogen (secondary N) is 1. The Kier molecular flexibility index (Phi) is 9.50. The second-order valence-corrected chi connectivity index (χ2v) is 4.08. The van der Waals surface area contributed by atoms with Crippen LogP contribution in [0.3, 0.4) is 0 Å². The minimum atomic E-state index is -0.472. The molecule has 0 bridgehead atoms. The van der Waals surface area contributed by atoms with Crippen molar-refractivity contribution in [2.75, 3.05) is 20.4 Å². The van der Waals surface area contributed by atoms with Gasteiger partial charge < -0.3 is 15.2 Å². The third-order valence-corrected chi connectivity index (χ3v) is 2.79. The highest BCUT2D eigenvalue weighted by atomic mass is 32.2. The van der Waals surface area contributed by atoms with Crippen LogP contribution in [0, 0.1) is 0 Å². The van der Waals surface area contributed by atoms with Gasteiger partial charge in [0.2, 0.25) is 0 Å². The summed E-state index contributed by atoms with van der Waals surface area (Å²) >= 11 is 1.14. The first kappa shape index (κ1) is 16.0. The maximum atomic E-state index is 11.4. The molecule has 0 aromatic heterocycles. The minimum Gasteiger partial charge on any atom is -0.468 e. The molecular weight excluding hydrogens is 244 g/mol. The van der Waals surface area contributed by atoms with E-state index in [0.29, 0.717) is 6.42 Å². The molecule has 0 aromatic rings. The Morgan fingerprint density at radius 3 is 2.82 bits per heavy atom. The molecule has 0 heterocycles. The van der Waals surface area contributed by atoms with E-state index in [1.807, 2.05) is 0 Å². The molecule has 3 N–H and O–H groups in total. The molecule has 98 valence electrons. The highest BCUT2D eigenvalue weighted by Gasteiger charge is 2.21. The summed E-state index contributed by atoms with van der Waals surface area (Å²) in [6.07, 6.45) is 1.97. The van der Waals surface area contributed by atoms with Crippen LogP contribution < -0.4 is 10.5 Å². The molecule has 6 nitrogen and oxygen atoms in total. The number of methoxy groups -OCH3 is 1. The molecule has 1 atom stereocenters. The monoisotopic (exact) mass is 262 g/mol. The standard InChI is InChI=1S/C10H18N2O4S/c1-3-6-16-9(13)5-4-8(10(14)15-2)17-12-7-11/h3,8,12H,1,4-7,11H2,2H3. The van der Waals surface area contributed by atoms with Crippen molar-refractivity contribution in [2.24, 2.45) is 5.73 Å². The van der Waals surface area contributed by atoms with E-state index in [2.05, 4.69) is 16.0 Å².